The molecule has 1 heterocycles. The highest BCUT2D eigenvalue weighted by atomic mass is 19.2. The van der Waals surface area contributed by atoms with E-state index in [1.807, 2.05) is 0 Å². The minimum absolute atomic E-state index is 0.124. The lowest BCUT2D eigenvalue weighted by Gasteiger charge is -2.23. The van der Waals surface area contributed by atoms with Crippen molar-refractivity contribution < 1.29 is 23.5 Å². The third-order valence-electron chi connectivity index (χ3n) is 4.06. The molecule has 0 bridgehead atoms. The molecule has 1 aromatic rings. The van der Waals surface area contributed by atoms with E-state index >= 15 is 0 Å². The lowest BCUT2D eigenvalue weighted by atomic mass is 9.90. The summed E-state index contributed by atoms with van der Waals surface area (Å²) in [4.78, 5) is 24.7. The topological polar surface area (TPSA) is 69.6 Å². The van der Waals surface area contributed by atoms with Crippen LogP contribution in [0.15, 0.2) is 18.2 Å². The number of likely N-dealkylation sites (tertiary alicyclic amines) is 1. The van der Waals surface area contributed by atoms with Crippen molar-refractivity contribution in [2.75, 3.05) is 13.1 Å². The number of hydrogen-bond acceptors (Lipinski definition) is 2. The Labute approximate surface area is 126 Å². The van der Waals surface area contributed by atoms with E-state index in [0.29, 0.717) is 18.5 Å². The van der Waals surface area contributed by atoms with Gasteiger partial charge in [0.05, 0.1) is 11.5 Å². The molecule has 0 aliphatic carbocycles. The van der Waals surface area contributed by atoms with E-state index in [9.17, 15) is 18.4 Å². The van der Waals surface area contributed by atoms with Crippen LogP contribution < -0.4 is 5.32 Å². The van der Waals surface area contributed by atoms with Gasteiger partial charge in [-0.05, 0) is 38.0 Å². The maximum atomic E-state index is 13.2. The molecule has 0 aromatic heterocycles. The molecule has 1 fully saturated rings. The van der Waals surface area contributed by atoms with Crippen LogP contribution in [-0.4, -0.2) is 35.1 Å². The van der Waals surface area contributed by atoms with Crippen molar-refractivity contribution in [1.29, 1.82) is 0 Å². The molecule has 2 atom stereocenters. The third kappa shape index (κ3) is 3.18. The number of nitrogens with zero attached hydrogens (tertiary/aromatic N) is 1. The smallest absolute Gasteiger partial charge is 0.317 e. The monoisotopic (exact) mass is 312 g/mol. The van der Waals surface area contributed by atoms with Crippen molar-refractivity contribution in [2.45, 2.75) is 26.3 Å². The summed E-state index contributed by atoms with van der Waals surface area (Å²) in [5.41, 5.74) is -0.504. The van der Waals surface area contributed by atoms with Gasteiger partial charge in [0.15, 0.2) is 11.6 Å². The largest absolute Gasteiger partial charge is 0.481 e. The van der Waals surface area contributed by atoms with Crippen LogP contribution in [0.4, 0.5) is 13.6 Å². The Kier molecular flexibility index (Phi) is 4.35. The molecule has 0 spiro atoms. The minimum Gasteiger partial charge on any atom is -0.481 e. The Morgan fingerprint density at radius 1 is 1.36 bits per heavy atom. The number of nitrogens with one attached hydrogen (secondary N) is 1. The van der Waals surface area contributed by atoms with Crippen LogP contribution in [0.3, 0.4) is 0 Å². The first-order chi connectivity index (χ1) is 10.2. The molecule has 2 amide bonds. The van der Waals surface area contributed by atoms with Crippen LogP contribution in [0.25, 0.3) is 0 Å². The average molecular weight is 312 g/mol. The van der Waals surface area contributed by atoms with Gasteiger partial charge in [-0.3, -0.25) is 4.79 Å². The van der Waals surface area contributed by atoms with Crippen molar-refractivity contribution in [3.63, 3.8) is 0 Å². The molecule has 2 rings (SSSR count). The van der Waals surface area contributed by atoms with Crippen LogP contribution in [-0.2, 0) is 4.79 Å². The molecule has 1 saturated heterocycles. The van der Waals surface area contributed by atoms with Gasteiger partial charge in [-0.2, -0.15) is 0 Å². The Morgan fingerprint density at radius 2 is 2.05 bits per heavy atom. The molecule has 22 heavy (non-hydrogen) atoms. The molecule has 0 radical (unpaired) electrons. The van der Waals surface area contributed by atoms with Gasteiger partial charge in [-0.15, -0.1) is 0 Å². The summed E-state index contributed by atoms with van der Waals surface area (Å²) in [5.74, 6) is -2.85. The number of hydrogen-bond donors (Lipinski definition) is 2. The van der Waals surface area contributed by atoms with E-state index in [1.165, 1.54) is 11.0 Å². The summed E-state index contributed by atoms with van der Waals surface area (Å²) in [5, 5.41) is 11.8. The Hall–Kier alpha value is -2.18. The van der Waals surface area contributed by atoms with Gasteiger partial charge in [0, 0.05) is 13.1 Å². The van der Waals surface area contributed by atoms with E-state index in [-0.39, 0.29) is 6.54 Å². The summed E-state index contributed by atoms with van der Waals surface area (Å²) in [6.45, 7) is 3.72. The first-order valence-electron chi connectivity index (χ1n) is 6.97. The van der Waals surface area contributed by atoms with Crippen molar-refractivity contribution >= 4 is 12.0 Å². The zero-order valence-electron chi connectivity index (χ0n) is 12.4. The lowest BCUT2D eigenvalue weighted by molar-refractivity contribution is -0.147. The van der Waals surface area contributed by atoms with Crippen molar-refractivity contribution in [2.24, 2.45) is 5.41 Å². The molecule has 0 saturated carbocycles. The van der Waals surface area contributed by atoms with Crippen molar-refractivity contribution in [3.05, 3.63) is 35.4 Å². The molecule has 1 aliphatic heterocycles. The summed E-state index contributed by atoms with van der Waals surface area (Å²) in [6, 6.07) is 2.51. The van der Waals surface area contributed by atoms with Gasteiger partial charge >= 0.3 is 12.0 Å². The normalized spacial score (nSPS) is 22.5. The number of carbonyl (C=O) groups is 2. The fourth-order valence-corrected chi connectivity index (χ4v) is 2.45. The van der Waals surface area contributed by atoms with E-state index in [0.717, 1.165) is 12.1 Å². The number of rotatable bonds is 3. The minimum atomic E-state index is -0.974. The molecule has 1 aliphatic rings. The average Bonchev–Trinajstić information content (AvgIpc) is 2.86. The maximum Gasteiger partial charge on any atom is 0.317 e. The summed E-state index contributed by atoms with van der Waals surface area (Å²) >= 11 is 0. The van der Waals surface area contributed by atoms with Gasteiger partial charge in [-0.1, -0.05) is 6.07 Å². The number of benzene rings is 1. The predicted octanol–water partition coefficient (Wildman–Crippen LogP) is 2.53. The number of carbonyl (C=O) groups excluding carboxylic acids is 1. The van der Waals surface area contributed by atoms with E-state index < -0.39 is 35.1 Å². The molecule has 120 valence electrons. The number of aliphatic carboxylic acids is 1. The number of amides is 2. The fraction of sp³-hybridized carbons (Fsp3) is 0.467. The Balaban J connectivity index is 2.00. The molecule has 1 aromatic carbocycles. The summed E-state index contributed by atoms with van der Waals surface area (Å²) in [6.07, 6.45) is 0.384. The van der Waals surface area contributed by atoms with Crippen LogP contribution in [0, 0.1) is 17.0 Å². The van der Waals surface area contributed by atoms with Crippen LogP contribution in [0.5, 0.6) is 0 Å². The molecular formula is C15H18F2N2O3. The van der Waals surface area contributed by atoms with Gasteiger partial charge in [-0.25, -0.2) is 13.6 Å². The second-order valence-electron chi connectivity index (χ2n) is 5.88. The summed E-state index contributed by atoms with van der Waals surface area (Å²) in [7, 11) is 0. The molecule has 2 N–H and O–H groups in total. The van der Waals surface area contributed by atoms with E-state index in [2.05, 4.69) is 5.32 Å². The number of halogens is 2. The zero-order valence-corrected chi connectivity index (χ0v) is 12.4. The van der Waals surface area contributed by atoms with Crippen molar-refractivity contribution in [1.82, 2.24) is 10.2 Å². The highest BCUT2D eigenvalue weighted by Gasteiger charge is 2.42. The van der Waals surface area contributed by atoms with Gasteiger partial charge in [0.1, 0.15) is 0 Å². The summed E-state index contributed by atoms with van der Waals surface area (Å²) < 4.78 is 26.1. The number of urea groups is 1. The molecular weight excluding hydrogens is 294 g/mol. The highest BCUT2D eigenvalue weighted by molar-refractivity contribution is 5.79. The first kappa shape index (κ1) is 16.2. The van der Waals surface area contributed by atoms with Crippen LogP contribution in [0.1, 0.15) is 31.9 Å². The fourth-order valence-electron chi connectivity index (χ4n) is 2.45. The Bertz CT molecular complexity index is 608. The number of carboxylic acids is 1. The van der Waals surface area contributed by atoms with Gasteiger partial charge in [0.25, 0.3) is 0 Å². The second kappa shape index (κ2) is 5.90. The Morgan fingerprint density at radius 3 is 2.59 bits per heavy atom. The van der Waals surface area contributed by atoms with Crippen molar-refractivity contribution in [3.8, 4) is 0 Å². The SMILES string of the molecule is CC(NC(=O)N1CCC(C)(C(=O)O)C1)c1ccc(F)c(F)c1. The molecule has 7 heteroatoms. The maximum absolute atomic E-state index is 13.2. The third-order valence-corrected chi connectivity index (χ3v) is 4.06. The lowest BCUT2D eigenvalue weighted by Crippen LogP contribution is -2.41. The zero-order chi connectivity index (χ0) is 16.5. The highest BCUT2D eigenvalue weighted by Crippen LogP contribution is 2.30. The molecule has 5 nitrogen and oxygen atoms in total. The second-order valence-corrected chi connectivity index (χ2v) is 5.88. The van der Waals surface area contributed by atoms with Crippen LogP contribution in [0.2, 0.25) is 0 Å². The molecule has 2 unspecified atom stereocenters. The first-order valence-corrected chi connectivity index (χ1v) is 6.97. The number of carboxylic acid groups (broad SMARTS) is 1. The quantitative estimate of drug-likeness (QED) is 0.901. The standard InChI is InChI=1S/C15H18F2N2O3/c1-9(10-3-4-11(16)12(17)7-10)18-14(22)19-6-5-15(2,8-19)13(20)21/h3-4,7,9H,5-6,8H2,1-2H3,(H,18,22)(H,20,21). The van der Waals surface area contributed by atoms with E-state index in [1.54, 1.807) is 13.8 Å². The van der Waals surface area contributed by atoms with Crippen LogP contribution >= 0.6 is 0 Å². The predicted molar refractivity (Wildman–Crippen MR) is 75.2 cm³/mol. The van der Waals surface area contributed by atoms with Gasteiger partial charge in [0.2, 0.25) is 0 Å². The van der Waals surface area contributed by atoms with E-state index in [4.69, 9.17) is 5.11 Å². The van der Waals surface area contributed by atoms with Gasteiger partial charge < -0.3 is 15.3 Å².